The Kier molecular flexibility index (Phi) is 6.27. The number of methoxy groups -OCH3 is 1. The number of carbonyl (C=O) groups is 2. The Bertz CT molecular complexity index is 969. The van der Waals surface area contributed by atoms with Crippen LogP contribution in [-0.4, -0.2) is 31.6 Å². The number of esters is 1. The van der Waals surface area contributed by atoms with Crippen molar-refractivity contribution in [3.8, 4) is 5.75 Å². The van der Waals surface area contributed by atoms with E-state index in [1.54, 1.807) is 26.2 Å². The maximum absolute atomic E-state index is 12.6. The Morgan fingerprint density at radius 1 is 0.929 bits per heavy atom. The van der Waals surface area contributed by atoms with Crippen molar-refractivity contribution in [2.45, 2.75) is 19.4 Å². The van der Waals surface area contributed by atoms with Crippen LogP contribution in [0, 0.1) is 0 Å². The largest absolute Gasteiger partial charge is 0.496 e. The van der Waals surface area contributed by atoms with Crippen LogP contribution in [0.2, 0.25) is 0 Å². The molecule has 0 radical (unpaired) electrons. The molecule has 3 aromatic rings. The lowest BCUT2D eigenvalue weighted by atomic mass is 10.0. The van der Waals surface area contributed by atoms with Gasteiger partial charge in [-0.15, -0.1) is 0 Å². The fourth-order valence-corrected chi connectivity index (χ4v) is 3.02. The topological polar surface area (TPSA) is 64.6 Å². The third-order valence-corrected chi connectivity index (χ3v) is 4.53. The van der Waals surface area contributed by atoms with Crippen LogP contribution in [0.5, 0.6) is 5.75 Å². The normalized spacial score (nSPS) is 11.6. The number of ether oxygens (including phenoxy) is 2. The van der Waals surface area contributed by atoms with Gasteiger partial charge < -0.3 is 14.8 Å². The van der Waals surface area contributed by atoms with E-state index in [1.165, 1.54) is 0 Å². The Morgan fingerprint density at radius 2 is 1.61 bits per heavy atom. The molecular weight excluding hydrogens is 354 g/mol. The van der Waals surface area contributed by atoms with Gasteiger partial charge in [-0.2, -0.15) is 0 Å². The number of amides is 1. The molecule has 0 saturated heterocycles. The van der Waals surface area contributed by atoms with Gasteiger partial charge in [0, 0.05) is 11.9 Å². The van der Waals surface area contributed by atoms with E-state index in [4.69, 9.17) is 9.47 Å². The Labute approximate surface area is 164 Å². The lowest BCUT2D eigenvalue weighted by Gasteiger charge is -2.15. The predicted octanol–water partition coefficient (Wildman–Crippen LogP) is 3.75. The molecule has 5 nitrogen and oxygen atoms in total. The van der Waals surface area contributed by atoms with Gasteiger partial charge in [0.2, 0.25) is 0 Å². The van der Waals surface area contributed by atoms with E-state index in [0.717, 1.165) is 22.8 Å². The van der Waals surface area contributed by atoms with Crippen molar-refractivity contribution in [3.05, 3.63) is 77.9 Å². The Hall–Kier alpha value is -3.34. The van der Waals surface area contributed by atoms with Crippen LogP contribution in [0.3, 0.4) is 0 Å². The summed E-state index contributed by atoms with van der Waals surface area (Å²) in [5.41, 5.74) is 1.54. The van der Waals surface area contributed by atoms with Gasteiger partial charge in [0.1, 0.15) is 5.75 Å². The van der Waals surface area contributed by atoms with Crippen LogP contribution >= 0.6 is 0 Å². The monoisotopic (exact) mass is 377 g/mol. The van der Waals surface area contributed by atoms with Gasteiger partial charge in [-0.05, 0) is 36.4 Å². The second kappa shape index (κ2) is 9.04. The lowest BCUT2D eigenvalue weighted by molar-refractivity contribution is -0.129. The summed E-state index contributed by atoms with van der Waals surface area (Å²) in [5.74, 6) is -0.175. The molecule has 0 aliphatic heterocycles. The SMILES string of the molecule is COc1ccc(C(=O)O[C@@H](C)C(=O)NCCc2ccccc2)c2ccccc12. The minimum atomic E-state index is -0.885. The molecular formula is C23H23NO4. The Morgan fingerprint density at radius 3 is 2.32 bits per heavy atom. The highest BCUT2D eigenvalue weighted by atomic mass is 16.5. The number of hydrogen-bond donors (Lipinski definition) is 1. The predicted molar refractivity (Wildman–Crippen MR) is 109 cm³/mol. The molecule has 0 bridgehead atoms. The molecule has 1 amide bonds. The number of nitrogens with one attached hydrogen (secondary N) is 1. The van der Waals surface area contributed by atoms with Gasteiger partial charge in [0.25, 0.3) is 5.91 Å². The van der Waals surface area contributed by atoms with Crippen LogP contribution in [0.4, 0.5) is 0 Å². The first-order chi connectivity index (χ1) is 13.6. The number of hydrogen-bond acceptors (Lipinski definition) is 4. The summed E-state index contributed by atoms with van der Waals surface area (Å²) in [7, 11) is 1.58. The van der Waals surface area contributed by atoms with E-state index in [2.05, 4.69) is 5.32 Å². The second-order valence-electron chi connectivity index (χ2n) is 6.44. The van der Waals surface area contributed by atoms with Gasteiger partial charge >= 0.3 is 5.97 Å². The molecule has 0 spiro atoms. The summed E-state index contributed by atoms with van der Waals surface area (Å²) in [4.78, 5) is 24.9. The van der Waals surface area contributed by atoms with Crippen molar-refractivity contribution in [2.75, 3.05) is 13.7 Å². The van der Waals surface area contributed by atoms with E-state index in [-0.39, 0.29) is 5.91 Å². The number of rotatable bonds is 7. The minimum Gasteiger partial charge on any atom is -0.496 e. The molecule has 0 fully saturated rings. The number of carbonyl (C=O) groups excluding carboxylic acids is 2. The summed E-state index contributed by atoms with van der Waals surface area (Å²) in [6.45, 7) is 2.05. The van der Waals surface area contributed by atoms with Gasteiger partial charge in [0.05, 0.1) is 12.7 Å². The molecule has 0 heterocycles. The summed E-state index contributed by atoms with van der Waals surface area (Å²) in [6, 6.07) is 20.7. The molecule has 5 heteroatoms. The van der Waals surface area contributed by atoms with Crippen LogP contribution < -0.4 is 10.1 Å². The molecule has 0 saturated carbocycles. The molecule has 3 aromatic carbocycles. The molecule has 1 N–H and O–H groups in total. The maximum atomic E-state index is 12.6. The number of fused-ring (bicyclic) bond motifs is 1. The zero-order valence-corrected chi connectivity index (χ0v) is 16.0. The summed E-state index contributed by atoms with van der Waals surface area (Å²) < 4.78 is 10.7. The quantitative estimate of drug-likeness (QED) is 0.637. The lowest BCUT2D eigenvalue weighted by Crippen LogP contribution is -2.36. The first-order valence-corrected chi connectivity index (χ1v) is 9.18. The highest BCUT2D eigenvalue weighted by Gasteiger charge is 2.20. The van der Waals surface area contributed by atoms with Crippen molar-refractivity contribution in [1.82, 2.24) is 5.32 Å². The second-order valence-corrected chi connectivity index (χ2v) is 6.44. The van der Waals surface area contributed by atoms with Crippen molar-refractivity contribution in [1.29, 1.82) is 0 Å². The molecule has 3 rings (SSSR count). The van der Waals surface area contributed by atoms with Crippen LogP contribution in [-0.2, 0) is 16.0 Å². The molecule has 0 aliphatic rings. The molecule has 0 unspecified atom stereocenters. The average Bonchev–Trinajstić information content (AvgIpc) is 2.73. The highest BCUT2D eigenvalue weighted by Crippen LogP contribution is 2.28. The van der Waals surface area contributed by atoms with Crippen molar-refractivity contribution in [3.63, 3.8) is 0 Å². The van der Waals surface area contributed by atoms with Crippen LogP contribution in [0.1, 0.15) is 22.8 Å². The average molecular weight is 377 g/mol. The fraction of sp³-hybridized carbons (Fsp3) is 0.217. The summed E-state index contributed by atoms with van der Waals surface area (Å²) in [5, 5.41) is 4.35. The third kappa shape index (κ3) is 4.49. The molecule has 0 aliphatic carbocycles. The van der Waals surface area contributed by atoms with Crippen LogP contribution in [0.15, 0.2) is 66.7 Å². The molecule has 144 valence electrons. The van der Waals surface area contributed by atoms with Crippen molar-refractivity contribution >= 4 is 22.6 Å². The Balaban J connectivity index is 1.62. The summed E-state index contributed by atoms with van der Waals surface area (Å²) in [6.07, 6.45) is -0.166. The highest BCUT2D eigenvalue weighted by molar-refractivity contribution is 6.06. The van der Waals surface area contributed by atoms with E-state index < -0.39 is 12.1 Å². The molecule has 28 heavy (non-hydrogen) atoms. The van der Waals surface area contributed by atoms with Gasteiger partial charge in [-0.25, -0.2) is 4.79 Å². The minimum absolute atomic E-state index is 0.318. The third-order valence-electron chi connectivity index (χ3n) is 4.53. The van der Waals surface area contributed by atoms with E-state index in [1.807, 2.05) is 54.6 Å². The van der Waals surface area contributed by atoms with Crippen molar-refractivity contribution in [2.24, 2.45) is 0 Å². The van der Waals surface area contributed by atoms with E-state index in [0.29, 0.717) is 17.9 Å². The molecule has 0 aromatic heterocycles. The standard InChI is InChI=1S/C23H23NO4/c1-16(22(25)24-15-14-17-8-4-3-5-9-17)28-23(26)20-12-13-21(27-2)19-11-7-6-10-18(19)20/h3-13,16H,14-15H2,1-2H3,(H,24,25)/t16-/m0/s1. The van der Waals surface area contributed by atoms with Gasteiger partial charge in [-0.3, -0.25) is 4.79 Å². The zero-order chi connectivity index (χ0) is 19.9. The zero-order valence-electron chi connectivity index (χ0n) is 16.0. The van der Waals surface area contributed by atoms with E-state index in [9.17, 15) is 9.59 Å². The maximum Gasteiger partial charge on any atom is 0.339 e. The smallest absolute Gasteiger partial charge is 0.339 e. The first kappa shape index (κ1) is 19.4. The van der Waals surface area contributed by atoms with Gasteiger partial charge in [-0.1, -0.05) is 54.6 Å². The van der Waals surface area contributed by atoms with Crippen molar-refractivity contribution < 1.29 is 19.1 Å². The van der Waals surface area contributed by atoms with E-state index >= 15 is 0 Å². The fourth-order valence-electron chi connectivity index (χ4n) is 3.02. The molecule has 1 atom stereocenters. The summed E-state index contributed by atoms with van der Waals surface area (Å²) >= 11 is 0. The first-order valence-electron chi connectivity index (χ1n) is 9.18. The number of benzene rings is 3. The van der Waals surface area contributed by atoms with Crippen LogP contribution in [0.25, 0.3) is 10.8 Å². The van der Waals surface area contributed by atoms with Gasteiger partial charge in [0.15, 0.2) is 6.10 Å².